The van der Waals surface area contributed by atoms with E-state index in [1.807, 2.05) is 12.1 Å². The van der Waals surface area contributed by atoms with Crippen molar-refractivity contribution in [1.29, 1.82) is 0 Å². The summed E-state index contributed by atoms with van der Waals surface area (Å²) in [6.07, 6.45) is 0.852. The molecule has 0 radical (unpaired) electrons. The topological polar surface area (TPSA) is 0 Å². The van der Waals surface area contributed by atoms with Crippen LogP contribution in [0.2, 0.25) is 5.02 Å². The first-order valence-electron chi connectivity index (χ1n) is 5.31. The smallest absolute Gasteiger partial charge is 0.0442 e. The average Bonchev–Trinajstić information content (AvgIpc) is 2.35. The van der Waals surface area contributed by atoms with E-state index in [1.54, 1.807) is 0 Å². The van der Waals surface area contributed by atoms with Crippen molar-refractivity contribution in [3.05, 3.63) is 68.7 Å². The van der Waals surface area contributed by atoms with Crippen LogP contribution in [-0.4, -0.2) is 0 Å². The Kier molecular flexibility index (Phi) is 4.55. The third-order valence-electron chi connectivity index (χ3n) is 2.61. The largest absolute Gasteiger partial charge is 0.175 e. The Labute approximate surface area is 121 Å². The molecule has 0 aliphatic carbocycles. The van der Waals surface area contributed by atoms with Crippen LogP contribution in [0, 0.1) is 0 Å². The molecular formula is C14H12BrClS. The predicted molar refractivity (Wildman–Crippen MR) is 81.1 cm³/mol. The van der Waals surface area contributed by atoms with E-state index in [9.17, 15) is 0 Å². The van der Waals surface area contributed by atoms with Crippen molar-refractivity contribution in [2.75, 3.05) is 0 Å². The maximum atomic E-state index is 6.17. The van der Waals surface area contributed by atoms with Crippen molar-refractivity contribution in [3.63, 3.8) is 0 Å². The number of hydrogen-bond acceptors (Lipinski definition) is 1. The number of benzene rings is 2. The van der Waals surface area contributed by atoms with E-state index in [0.717, 1.165) is 27.2 Å². The van der Waals surface area contributed by atoms with Gasteiger partial charge >= 0.3 is 0 Å². The van der Waals surface area contributed by atoms with Crippen molar-refractivity contribution in [3.8, 4) is 0 Å². The molecule has 0 aliphatic heterocycles. The first-order valence-corrected chi connectivity index (χ1v) is 7.12. The summed E-state index contributed by atoms with van der Waals surface area (Å²) >= 11 is 13.9. The van der Waals surface area contributed by atoms with E-state index in [-0.39, 0.29) is 0 Å². The number of thiol groups is 1. The molecule has 3 heteroatoms. The van der Waals surface area contributed by atoms with Gasteiger partial charge in [0, 0.05) is 15.2 Å². The molecule has 0 unspecified atom stereocenters. The minimum Gasteiger partial charge on any atom is -0.175 e. The highest BCUT2D eigenvalue weighted by Gasteiger charge is 2.02. The van der Waals surface area contributed by atoms with Gasteiger partial charge in [0.25, 0.3) is 0 Å². The minimum absolute atomic E-state index is 0.776. The fourth-order valence-electron chi connectivity index (χ4n) is 1.66. The van der Waals surface area contributed by atoms with Crippen molar-refractivity contribution in [2.24, 2.45) is 0 Å². The van der Waals surface area contributed by atoms with Crippen LogP contribution in [0.15, 0.2) is 46.9 Å². The Morgan fingerprint density at radius 1 is 1.00 bits per heavy atom. The van der Waals surface area contributed by atoms with Crippen LogP contribution in [0.4, 0.5) is 0 Å². The fourth-order valence-corrected chi connectivity index (χ4v) is 2.46. The highest BCUT2D eigenvalue weighted by atomic mass is 79.9. The second-order valence-corrected chi connectivity index (χ2v) is 5.53. The van der Waals surface area contributed by atoms with Gasteiger partial charge in [-0.05, 0) is 41.3 Å². The molecule has 0 amide bonds. The highest BCUT2D eigenvalue weighted by molar-refractivity contribution is 9.10. The van der Waals surface area contributed by atoms with Crippen molar-refractivity contribution < 1.29 is 0 Å². The zero-order chi connectivity index (χ0) is 12.3. The summed E-state index contributed by atoms with van der Waals surface area (Å²) in [4.78, 5) is 0. The van der Waals surface area contributed by atoms with Gasteiger partial charge in [0.15, 0.2) is 0 Å². The summed E-state index contributed by atoms with van der Waals surface area (Å²) < 4.78 is 1.06. The van der Waals surface area contributed by atoms with Gasteiger partial charge in [-0.1, -0.05) is 51.8 Å². The van der Waals surface area contributed by atoms with Gasteiger partial charge in [-0.25, -0.2) is 0 Å². The monoisotopic (exact) mass is 326 g/mol. The van der Waals surface area contributed by atoms with Gasteiger partial charge in [0.2, 0.25) is 0 Å². The molecule has 0 spiro atoms. The second-order valence-electron chi connectivity index (χ2n) is 3.89. The summed E-state index contributed by atoms with van der Waals surface area (Å²) in [7, 11) is 0. The summed E-state index contributed by atoms with van der Waals surface area (Å²) in [6.45, 7) is 0. The van der Waals surface area contributed by atoms with Crippen molar-refractivity contribution in [1.82, 2.24) is 0 Å². The predicted octanol–water partition coefficient (Wildman–Crippen LogP) is 5.12. The van der Waals surface area contributed by atoms with E-state index in [4.69, 9.17) is 11.6 Å². The van der Waals surface area contributed by atoms with Gasteiger partial charge in [-0.15, -0.1) is 0 Å². The van der Waals surface area contributed by atoms with E-state index in [0.29, 0.717) is 0 Å². The molecule has 0 saturated heterocycles. The van der Waals surface area contributed by atoms with Gasteiger partial charge in [0.05, 0.1) is 0 Å². The van der Waals surface area contributed by atoms with Crippen LogP contribution in [-0.2, 0) is 12.2 Å². The van der Waals surface area contributed by atoms with Gasteiger partial charge < -0.3 is 0 Å². The molecule has 2 aromatic rings. The number of hydrogen-bond donors (Lipinski definition) is 1. The summed E-state index contributed by atoms with van der Waals surface area (Å²) in [5.41, 5.74) is 3.63. The molecule has 0 aliphatic rings. The van der Waals surface area contributed by atoms with Gasteiger partial charge in [-0.2, -0.15) is 12.6 Å². The molecule has 0 bridgehead atoms. The molecule has 0 heterocycles. The quantitative estimate of drug-likeness (QED) is 0.743. The van der Waals surface area contributed by atoms with Crippen molar-refractivity contribution in [2.45, 2.75) is 12.2 Å². The third kappa shape index (κ3) is 3.51. The first kappa shape index (κ1) is 13.0. The van der Waals surface area contributed by atoms with E-state index in [1.165, 1.54) is 11.1 Å². The molecule has 88 valence electrons. The van der Waals surface area contributed by atoms with Crippen LogP contribution in [0.1, 0.15) is 16.7 Å². The first-order chi connectivity index (χ1) is 8.19. The maximum absolute atomic E-state index is 6.17. The van der Waals surface area contributed by atoms with E-state index in [2.05, 4.69) is 58.9 Å². The van der Waals surface area contributed by atoms with Gasteiger partial charge in [0.1, 0.15) is 0 Å². The highest BCUT2D eigenvalue weighted by Crippen LogP contribution is 2.23. The Bertz CT molecular complexity index is 508. The van der Waals surface area contributed by atoms with E-state index >= 15 is 0 Å². The van der Waals surface area contributed by atoms with Crippen LogP contribution in [0.25, 0.3) is 0 Å². The zero-order valence-electron chi connectivity index (χ0n) is 9.16. The fraction of sp³-hybridized carbons (Fsp3) is 0.143. The lowest BCUT2D eigenvalue weighted by Crippen LogP contribution is -1.90. The van der Waals surface area contributed by atoms with Crippen LogP contribution >= 0.6 is 40.2 Å². The number of rotatable bonds is 3. The van der Waals surface area contributed by atoms with Crippen LogP contribution in [0.5, 0.6) is 0 Å². The summed E-state index contributed by atoms with van der Waals surface area (Å²) in [5, 5.41) is 0.812. The second kappa shape index (κ2) is 5.94. The Morgan fingerprint density at radius 2 is 1.65 bits per heavy atom. The Balaban J connectivity index is 2.22. The molecule has 0 atom stereocenters. The molecule has 0 saturated carbocycles. The van der Waals surface area contributed by atoms with E-state index < -0.39 is 0 Å². The standard InChI is InChI=1S/C14H12BrClS/c15-13-5-6-14(16)12(8-13)7-10-1-3-11(9-17)4-2-10/h1-6,8,17H,7,9H2. The van der Waals surface area contributed by atoms with Crippen LogP contribution < -0.4 is 0 Å². The normalized spacial score (nSPS) is 10.5. The summed E-state index contributed by atoms with van der Waals surface area (Å²) in [5.74, 6) is 0.776. The third-order valence-corrected chi connectivity index (χ3v) is 3.84. The maximum Gasteiger partial charge on any atom is 0.0442 e. The lowest BCUT2D eigenvalue weighted by molar-refractivity contribution is 1.18. The van der Waals surface area contributed by atoms with Crippen LogP contribution in [0.3, 0.4) is 0 Å². The van der Waals surface area contributed by atoms with Crippen molar-refractivity contribution >= 4 is 40.2 Å². The lowest BCUT2D eigenvalue weighted by atomic mass is 10.0. The molecular weight excluding hydrogens is 316 g/mol. The molecule has 17 heavy (non-hydrogen) atoms. The molecule has 2 rings (SSSR count). The SMILES string of the molecule is SCc1ccc(Cc2cc(Br)ccc2Cl)cc1. The average molecular weight is 328 g/mol. The molecule has 0 N–H and O–H groups in total. The molecule has 2 aromatic carbocycles. The summed E-state index contributed by atoms with van der Waals surface area (Å²) in [6, 6.07) is 14.4. The molecule has 0 nitrogen and oxygen atoms in total. The van der Waals surface area contributed by atoms with Gasteiger partial charge in [-0.3, -0.25) is 0 Å². The molecule has 0 aromatic heterocycles. The molecule has 0 fully saturated rings. The zero-order valence-corrected chi connectivity index (χ0v) is 12.4. The lowest BCUT2D eigenvalue weighted by Gasteiger charge is -2.06. The Morgan fingerprint density at radius 3 is 2.29 bits per heavy atom. The number of halogens is 2. The Hall–Kier alpha value is -0.440. The minimum atomic E-state index is 0.776.